The summed E-state index contributed by atoms with van der Waals surface area (Å²) in [6.07, 6.45) is 9.73. The Morgan fingerprint density at radius 1 is 1.27 bits per heavy atom. The summed E-state index contributed by atoms with van der Waals surface area (Å²) in [7, 11) is 0. The molecular weight excluding hydrogens is 136 g/mol. The van der Waals surface area contributed by atoms with Gasteiger partial charge in [0.15, 0.2) is 0 Å². The summed E-state index contributed by atoms with van der Waals surface area (Å²) in [5.74, 6) is 0. The van der Waals surface area contributed by atoms with E-state index in [-0.39, 0.29) is 0 Å². The molecule has 0 radical (unpaired) electrons. The number of hydrogen-bond acceptors (Lipinski definition) is 1. The Balaban J connectivity index is 2.30. The van der Waals surface area contributed by atoms with Crippen molar-refractivity contribution in [2.24, 2.45) is 5.41 Å². The highest BCUT2D eigenvalue weighted by Gasteiger charge is 2.25. The average Bonchev–Trinajstić information content (AvgIpc) is 2.03. The minimum atomic E-state index is 0.499. The van der Waals surface area contributed by atoms with E-state index in [9.17, 15) is 4.79 Å². The summed E-state index contributed by atoms with van der Waals surface area (Å²) in [5, 5.41) is 0. The van der Waals surface area contributed by atoms with Crippen LogP contribution >= 0.6 is 0 Å². The summed E-state index contributed by atoms with van der Waals surface area (Å²) in [4.78, 5) is 10.2. The average molecular weight is 154 g/mol. The first-order valence-corrected chi connectivity index (χ1v) is 4.70. The monoisotopic (exact) mass is 154 g/mol. The van der Waals surface area contributed by atoms with Gasteiger partial charge in [-0.1, -0.05) is 26.2 Å². The van der Waals surface area contributed by atoms with Gasteiger partial charge in [-0.05, 0) is 24.7 Å². The molecule has 0 atom stereocenters. The topological polar surface area (TPSA) is 17.1 Å². The molecule has 0 aliphatic heterocycles. The largest absolute Gasteiger partial charge is 0.303 e. The fourth-order valence-corrected chi connectivity index (χ4v) is 2.06. The number of hydrogen-bond donors (Lipinski definition) is 0. The molecule has 0 aromatic heterocycles. The number of carbonyl (C=O) groups excluding carboxylic acids is 1. The summed E-state index contributed by atoms with van der Waals surface area (Å²) < 4.78 is 0. The van der Waals surface area contributed by atoms with E-state index in [1.54, 1.807) is 0 Å². The molecule has 0 N–H and O–H groups in total. The molecule has 1 rings (SSSR count). The zero-order valence-corrected chi connectivity index (χ0v) is 7.44. The first kappa shape index (κ1) is 8.76. The molecule has 0 aromatic rings. The van der Waals surface area contributed by atoms with E-state index >= 15 is 0 Å². The van der Waals surface area contributed by atoms with Gasteiger partial charge in [0.05, 0.1) is 0 Å². The van der Waals surface area contributed by atoms with Gasteiger partial charge in [-0.3, -0.25) is 0 Å². The van der Waals surface area contributed by atoms with E-state index < -0.39 is 0 Å². The van der Waals surface area contributed by atoms with Gasteiger partial charge >= 0.3 is 0 Å². The van der Waals surface area contributed by atoms with Gasteiger partial charge in [0.25, 0.3) is 0 Å². The molecule has 0 unspecified atom stereocenters. The normalized spacial score (nSPS) is 23.0. The molecule has 11 heavy (non-hydrogen) atoms. The molecule has 0 heterocycles. The molecule has 1 aliphatic carbocycles. The summed E-state index contributed by atoms with van der Waals surface area (Å²) in [6.45, 7) is 2.33. The summed E-state index contributed by atoms with van der Waals surface area (Å²) in [5.41, 5.74) is 0.499. The van der Waals surface area contributed by atoms with Crippen LogP contribution in [0.3, 0.4) is 0 Å². The van der Waals surface area contributed by atoms with E-state index in [0.29, 0.717) is 5.41 Å². The summed E-state index contributed by atoms with van der Waals surface area (Å²) in [6, 6.07) is 0. The highest BCUT2D eigenvalue weighted by molar-refractivity contribution is 5.49. The number of rotatable bonds is 3. The van der Waals surface area contributed by atoms with Gasteiger partial charge < -0.3 is 4.79 Å². The van der Waals surface area contributed by atoms with Crippen LogP contribution in [0.2, 0.25) is 0 Å². The Morgan fingerprint density at radius 2 is 1.91 bits per heavy atom. The molecule has 64 valence electrons. The third-order valence-corrected chi connectivity index (χ3v) is 2.93. The fourth-order valence-electron chi connectivity index (χ4n) is 2.06. The second-order valence-electron chi connectivity index (χ2n) is 4.08. The Bertz CT molecular complexity index is 123. The number of aldehydes is 1. The molecule has 0 amide bonds. The van der Waals surface area contributed by atoms with E-state index in [1.807, 2.05) is 0 Å². The summed E-state index contributed by atoms with van der Waals surface area (Å²) >= 11 is 0. The van der Waals surface area contributed by atoms with Crippen molar-refractivity contribution < 1.29 is 4.79 Å². The van der Waals surface area contributed by atoms with Crippen LogP contribution < -0.4 is 0 Å². The fraction of sp³-hybridized carbons (Fsp3) is 0.900. The first-order chi connectivity index (χ1) is 5.27. The van der Waals surface area contributed by atoms with Gasteiger partial charge in [0.1, 0.15) is 6.29 Å². The second kappa shape index (κ2) is 3.89. The lowest BCUT2D eigenvalue weighted by atomic mass is 9.73. The van der Waals surface area contributed by atoms with Crippen molar-refractivity contribution in [2.75, 3.05) is 0 Å². The maximum absolute atomic E-state index is 10.2. The highest BCUT2D eigenvalue weighted by atomic mass is 16.1. The third-order valence-electron chi connectivity index (χ3n) is 2.93. The van der Waals surface area contributed by atoms with Crippen LogP contribution in [-0.2, 0) is 4.79 Å². The Labute approximate surface area is 69.2 Å². The van der Waals surface area contributed by atoms with Crippen molar-refractivity contribution in [1.29, 1.82) is 0 Å². The van der Waals surface area contributed by atoms with Gasteiger partial charge in [0.2, 0.25) is 0 Å². The standard InChI is InChI=1S/C10H18O/c1-10(8-5-9-11)6-3-2-4-7-10/h9H,2-8H2,1H3. The highest BCUT2D eigenvalue weighted by Crippen LogP contribution is 2.39. The van der Waals surface area contributed by atoms with Crippen LogP contribution in [0.25, 0.3) is 0 Å². The van der Waals surface area contributed by atoms with Crippen molar-refractivity contribution in [2.45, 2.75) is 51.9 Å². The maximum Gasteiger partial charge on any atom is 0.120 e. The van der Waals surface area contributed by atoms with E-state index in [4.69, 9.17) is 0 Å². The van der Waals surface area contributed by atoms with E-state index in [1.165, 1.54) is 32.1 Å². The number of carbonyl (C=O) groups is 1. The molecule has 0 spiro atoms. The van der Waals surface area contributed by atoms with Gasteiger partial charge in [-0.15, -0.1) is 0 Å². The predicted molar refractivity (Wildman–Crippen MR) is 46.5 cm³/mol. The Kier molecular flexibility index (Phi) is 3.10. The predicted octanol–water partition coefficient (Wildman–Crippen LogP) is 2.94. The quantitative estimate of drug-likeness (QED) is 0.571. The lowest BCUT2D eigenvalue weighted by Crippen LogP contribution is -2.19. The van der Waals surface area contributed by atoms with E-state index in [0.717, 1.165) is 19.1 Å². The molecule has 1 saturated carbocycles. The second-order valence-corrected chi connectivity index (χ2v) is 4.08. The van der Waals surface area contributed by atoms with E-state index in [2.05, 4.69) is 6.92 Å². The van der Waals surface area contributed by atoms with Gasteiger partial charge in [-0.2, -0.15) is 0 Å². The molecule has 0 bridgehead atoms. The molecule has 1 aliphatic rings. The molecule has 1 nitrogen and oxygen atoms in total. The molecule has 1 fully saturated rings. The third kappa shape index (κ3) is 2.64. The Hall–Kier alpha value is -0.330. The van der Waals surface area contributed by atoms with Crippen LogP contribution in [0, 0.1) is 5.41 Å². The lowest BCUT2D eigenvalue weighted by Gasteiger charge is -2.32. The van der Waals surface area contributed by atoms with Gasteiger partial charge in [-0.25, -0.2) is 0 Å². The van der Waals surface area contributed by atoms with Crippen LogP contribution in [0.4, 0.5) is 0 Å². The SMILES string of the molecule is CC1(CCC=O)CCCCC1. The molecule has 0 aromatic carbocycles. The van der Waals surface area contributed by atoms with Crippen molar-refractivity contribution in [1.82, 2.24) is 0 Å². The Morgan fingerprint density at radius 3 is 2.45 bits per heavy atom. The molecule has 0 saturated heterocycles. The van der Waals surface area contributed by atoms with Crippen LogP contribution in [0.15, 0.2) is 0 Å². The first-order valence-electron chi connectivity index (χ1n) is 4.70. The van der Waals surface area contributed by atoms with Crippen LogP contribution in [-0.4, -0.2) is 6.29 Å². The maximum atomic E-state index is 10.2. The van der Waals surface area contributed by atoms with Crippen molar-refractivity contribution in [3.8, 4) is 0 Å². The minimum Gasteiger partial charge on any atom is -0.303 e. The van der Waals surface area contributed by atoms with Crippen molar-refractivity contribution in [3.05, 3.63) is 0 Å². The molecular formula is C10H18O. The van der Waals surface area contributed by atoms with Gasteiger partial charge in [0, 0.05) is 6.42 Å². The molecule has 1 heteroatoms. The zero-order chi connectivity index (χ0) is 8.16. The van der Waals surface area contributed by atoms with Crippen molar-refractivity contribution >= 4 is 6.29 Å². The van der Waals surface area contributed by atoms with Crippen molar-refractivity contribution in [3.63, 3.8) is 0 Å². The smallest absolute Gasteiger partial charge is 0.120 e. The zero-order valence-electron chi connectivity index (χ0n) is 7.44. The minimum absolute atomic E-state index is 0.499. The lowest BCUT2D eigenvalue weighted by molar-refractivity contribution is -0.108. The van der Waals surface area contributed by atoms with Crippen LogP contribution in [0.5, 0.6) is 0 Å². The van der Waals surface area contributed by atoms with Crippen LogP contribution in [0.1, 0.15) is 51.9 Å².